The predicted octanol–water partition coefficient (Wildman–Crippen LogP) is 4.54. The topological polar surface area (TPSA) is 68.5 Å². The highest BCUT2D eigenvalue weighted by Crippen LogP contribution is 2.35. The Labute approximate surface area is 162 Å². The average Bonchev–Trinajstić information content (AvgIpc) is 2.90. The zero-order chi connectivity index (χ0) is 20.6. The number of ether oxygens (including phenoxy) is 1. The third-order valence-electron chi connectivity index (χ3n) is 4.65. The van der Waals surface area contributed by atoms with Crippen LogP contribution >= 0.6 is 0 Å². The van der Waals surface area contributed by atoms with E-state index in [2.05, 4.69) is 0 Å². The van der Waals surface area contributed by atoms with Gasteiger partial charge in [0.15, 0.2) is 0 Å². The predicted molar refractivity (Wildman–Crippen MR) is 104 cm³/mol. The van der Waals surface area contributed by atoms with E-state index in [1.807, 2.05) is 0 Å². The van der Waals surface area contributed by atoms with Crippen LogP contribution in [-0.4, -0.2) is 27.7 Å². The number of carbonyl (C=O) groups is 2. The number of aromatic nitrogens is 1. The van der Waals surface area contributed by atoms with E-state index in [0.717, 1.165) is 0 Å². The van der Waals surface area contributed by atoms with E-state index >= 15 is 0 Å². The van der Waals surface area contributed by atoms with Crippen molar-refractivity contribution in [3.63, 3.8) is 0 Å². The third kappa shape index (κ3) is 3.50. The van der Waals surface area contributed by atoms with E-state index < -0.39 is 23.6 Å². The number of hydrogen-bond donors (Lipinski definition) is 1. The Balaban J connectivity index is 2.21. The van der Waals surface area contributed by atoms with Crippen LogP contribution in [0.4, 0.5) is 4.39 Å². The zero-order valence-electron chi connectivity index (χ0n) is 16.2. The van der Waals surface area contributed by atoms with Gasteiger partial charge < -0.3 is 9.84 Å². The van der Waals surface area contributed by atoms with E-state index in [0.29, 0.717) is 22.2 Å². The number of phenols is 1. The summed E-state index contributed by atoms with van der Waals surface area (Å²) < 4.78 is 20.4. The van der Waals surface area contributed by atoms with Crippen LogP contribution in [0.5, 0.6) is 5.75 Å². The van der Waals surface area contributed by atoms with Gasteiger partial charge in [0.05, 0.1) is 17.5 Å². The standard InChI is InChI=1S/C22H22FNO4/c1-12(2)28-22(27)13(3)20-14(4)24(19-9-8-17(25)11-18(19)20)21(26)15-6-5-7-16(23)10-15/h5-13,25H,1-4H3. The van der Waals surface area contributed by atoms with Crippen LogP contribution < -0.4 is 0 Å². The molecule has 28 heavy (non-hydrogen) atoms. The maximum Gasteiger partial charge on any atom is 0.313 e. The SMILES string of the molecule is Cc1c(C(C)C(=O)OC(C)C)c2cc(O)ccc2n1C(=O)c1cccc(F)c1. The molecule has 0 aliphatic rings. The molecule has 1 unspecified atom stereocenters. The Kier molecular flexibility index (Phi) is 5.23. The molecule has 0 aliphatic carbocycles. The molecule has 1 heterocycles. The first-order valence-electron chi connectivity index (χ1n) is 9.05. The van der Waals surface area contributed by atoms with Crippen LogP contribution in [0.25, 0.3) is 10.9 Å². The van der Waals surface area contributed by atoms with Gasteiger partial charge in [0.1, 0.15) is 11.6 Å². The fourth-order valence-electron chi connectivity index (χ4n) is 3.44. The van der Waals surface area contributed by atoms with Crippen molar-refractivity contribution in [1.82, 2.24) is 4.57 Å². The van der Waals surface area contributed by atoms with Crippen molar-refractivity contribution in [3.8, 4) is 5.75 Å². The fourth-order valence-corrected chi connectivity index (χ4v) is 3.44. The minimum atomic E-state index is -0.645. The molecule has 0 amide bonds. The van der Waals surface area contributed by atoms with Gasteiger partial charge in [-0.25, -0.2) is 4.39 Å². The van der Waals surface area contributed by atoms with Crippen molar-refractivity contribution >= 4 is 22.8 Å². The minimum Gasteiger partial charge on any atom is -0.508 e. The normalized spacial score (nSPS) is 12.4. The lowest BCUT2D eigenvalue weighted by molar-refractivity contribution is -0.148. The summed E-state index contributed by atoms with van der Waals surface area (Å²) in [6.45, 7) is 6.95. The zero-order valence-corrected chi connectivity index (χ0v) is 16.2. The van der Waals surface area contributed by atoms with Crippen LogP contribution in [0.3, 0.4) is 0 Å². The molecule has 3 rings (SSSR count). The second-order valence-corrected chi connectivity index (χ2v) is 7.06. The smallest absolute Gasteiger partial charge is 0.313 e. The van der Waals surface area contributed by atoms with Gasteiger partial charge >= 0.3 is 5.97 Å². The summed E-state index contributed by atoms with van der Waals surface area (Å²) in [6.07, 6.45) is -0.272. The van der Waals surface area contributed by atoms with E-state index in [-0.39, 0.29) is 17.4 Å². The molecule has 0 bridgehead atoms. The molecule has 1 aromatic heterocycles. The number of esters is 1. The van der Waals surface area contributed by atoms with Gasteiger partial charge in [-0.3, -0.25) is 14.2 Å². The molecule has 3 aromatic rings. The second-order valence-electron chi connectivity index (χ2n) is 7.06. The van der Waals surface area contributed by atoms with Crippen LogP contribution in [0.1, 0.15) is 48.3 Å². The first kappa shape index (κ1) is 19.6. The van der Waals surface area contributed by atoms with Gasteiger partial charge in [-0.05, 0) is 69.7 Å². The van der Waals surface area contributed by atoms with Crippen molar-refractivity contribution in [1.29, 1.82) is 0 Å². The summed E-state index contributed by atoms with van der Waals surface area (Å²) in [7, 11) is 0. The number of halogens is 1. The number of phenolic OH excluding ortho intramolecular Hbond substituents is 1. The third-order valence-corrected chi connectivity index (χ3v) is 4.65. The van der Waals surface area contributed by atoms with Crippen LogP contribution in [0.2, 0.25) is 0 Å². The summed E-state index contributed by atoms with van der Waals surface area (Å²) in [5.41, 5.74) is 1.87. The Bertz CT molecular complexity index is 1070. The van der Waals surface area contributed by atoms with Crippen molar-refractivity contribution in [2.24, 2.45) is 0 Å². The lowest BCUT2D eigenvalue weighted by atomic mass is 9.98. The van der Waals surface area contributed by atoms with Gasteiger partial charge in [0.2, 0.25) is 0 Å². The second kappa shape index (κ2) is 7.46. The molecule has 1 N–H and O–H groups in total. The molecule has 5 nitrogen and oxygen atoms in total. The first-order valence-corrected chi connectivity index (χ1v) is 9.05. The monoisotopic (exact) mass is 383 g/mol. The summed E-state index contributed by atoms with van der Waals surface area (Å²) in [4.78, 5) is 25.6. The number of aromatic hydroxyl groups is 1. The quantitative estimate of drug-likeness (QED) is 0.672. The number of rotatable bonds is 4. The lowest BCUT2D eigenvalue weighted by Crippen LogP contribution is -2.19. The molecular formula is C22H22FNO4. The molecule has 2 aromatic carbocycles. The van der Waals surface area contributed by atoms with Gasteiger partial charge in [-0.1, -0.05) is 6.07 Å². The Morgan fingerprint density at radius 3 is 2.46 bits per heavy atom. The van der Waals surface area contributed by atoms with Crippen LogP contribution in [0.15, 0.2) is 42.5 Å². The maximum atomic E-state index is 13.6. The Morgan fingerprint density at radius 2 is 1.82 bits per heavy atom. The summed E-state index contributed by atoms with van der Waals surface area (Å²) in [5, 5.41) is 10.5. The molecule has 146 valence electrons. The van der Waals surface area contributed by atoms with E-state index in [1.165, 1.54) is 41.0 Å². The molecule has 0 saturated carbocycles. The number of carbonyl (C=O) groups excluding carboxylic acids is 2. The summed E-state index contributed by atoms with van der Waals surface area (Å²) in [6, 6.07) is 10.0. The molecule has 0 saturated heterocycles. The summed E-state index contributed by atoms with van der Waals surface area (Å²) in [5.74, 6) is -1.96. The number of nitrogens with zero attached hydrogens (tertiary/aromatic N) is 1. The Hall–Kier alpha value is -3.15. The van der Waals surface area contributed by atoms with Crippen LogP contribution in [-0.2, 0) is 9.53 Å². The molecule has 6 heteroatoms. The number of fused-ring (bicyclic) bond motifs is 1. The van der Waals surface area contributed by atoms with E-state index in [1.54, 1.807) is 33.8 Å². The van der Waals surface area contributed by atoms with Crippen molar-refractivity contribution < 1.29 is 23.8 Å². The van der Waals surface area contributed by atoms with Crippen molar-refractivity contribution in [2.75, 3.05) is 0 Å². The van der Waals surface area contributed by atoms with Crippen molar-refractivity contribution in [2.45, 2.75) is 39.7 Å². The molecule has 0 radical (unpaired) electrons. The fraction of sp³-hybridized carbons (Fsp3) is 0.273. The van der Waals surface area contributed by atoms with Crippen LogP contribution in [0, 0.1) is 12.7 Å². The van der Waals surface area contributed by atoms with E-state index in [4.69, 9.17) is 4.74 Å². The first-order chi connectivity index (χ1) is 13.2. The minimum absolute atomic E-state index is 0.0218. The van der Waals surface area contributed by atoms with Gasteiger partial charge in [-0.2, -0.15) is 0 Å². The Morgan fingerprint density at radius 1 is 1.11 bits per heavy atom. The number of hydrogen-bond acceptors (Lipinski definition) is 4. The van der Waals surface area contributed by atoms with Gasteiger partial charge in [0.25, 0.3) is 5.91 Å². The van der Waals surface area contributed by atoms with Gasteiger partial charge in [-0.15, -0.1) is 0 Å². The highest BCUT2D eigenvalue weighted by Gasteiger charge is 2.28. The highest BCUT2D eigenvalue weighted by molar-refractivity contribution is 6.05. The molecular weight excluding hydrogens is 361 g/mol. The average molecular weight is 383 g/mol. The lowest BCUT2D eigenvalue weighted by Gasteiger charge is -2.15. The van der Waals surface area contributed by atoms with Crippen molar-refractivity contribution in [3.05, 3.63) is 65.1 Å². The molecule has 0 aliphatic heterocycles. The molecule has 0 fully saturated rings. The number of benzene rings is 2. The maximum absolute atomic E-state index is 13.6. The molecule has 0 spiro atoms. The largest absolute Gasteiger partial charge is 0.508 e. The van der Waals surface area contributed by atoms with E-state index in [9.17, 15) is 19.1 Å². The highest BCUT2D eigenvalue weighted by atomic mass is 19.1. The van der Waals surface area contributed by atoms with Gasteiger partial charge in [0, 0.05) is 16.6 Å². The summed E-state index contributed by atoms with van der Waals surface area (Å²) >= 11 is 0. The molecule has 1 atom stereocenters.